The molecule has 3 heterocycles. The van der Waals surface area contributed by atoms with Crippen molar-refractivity contribution in [1.29, 1.82) is 0 Å². The molecule has 0 bridgehead atoms. The predicted octanol–water partition coefficient (Wildman–Crippen LogP) is 3.85. The van der Waals surface area contributed by atoms with Crippen LogP contribution in [0.2, 0.25) is 5.02 Å². The van der Waals surface area contributed by atoms with E-state index in [0.29, 0.717) is 13.1 Å². The van der Waals surface area contributed by atoms with Crippen LogP contribution in [0.4, 0.5) is 17.1 Å². The maximum atomic E-state index is 13.4. The Hall–Kier alpha value is -3.16. The van der Waals surface area contributed by atoms with Crippen LogP contribution in [0, 0.1) is 6.92 Å². The first-order chi connectivity index (χ1) is 17.4. The van der Waals surface area contributed by atoms with Gasteiger partial charge in [-0.05, 0) is 48.9 Å². The van der Waals surface area contributed by atoms with E-state index >= 15 is 0 Å². The number of hydrogen-bond acceptors (Lipinski definition) is 5. The largest absolute Gasteiger partial charge is 0.399 e. The molecular formula is C28H35ClN6O. The molecule has 1 aromatic heterocycles. The van der Waals surface area contributed by atoms with Crippen LogP contribution in [0.25, 0.3) is 0 Å². The molecule has 2 aliphatic rings. The summed E-state index contributed by atoms with van der Waals surface area (Å²) in [5.41, 5.74) is 12.1. The fourth-order valence-corrected chi connectivity index (χ4v) is 5.53. The van der Waals surface area contributed by atoms with E-state index in [0.717, 1.165) is 79.3 Å². The van der Waals surface area contributed by atoms with Gasteiger partial charge in [0.05, 0.1) is 10.7 Å². The van der Waals surface area contributed by atoms with E-state index in [4.69, 9.17) is 17.3 Å². The third-order valence-corrected chi connectivity index (χ3v) is 7.94. The highest BCUT2D eigenvalue weighted by Gasteiger charge is 2.26. The van der Waals surface area contributed by atoms with Crippen LogP contribution in [0.15, 0.2) is 54.6 Å². The third-order valence-electron chi connectivity index (χ3n) is 7.62. The number of anilines is 3. The topological polar surface area (TPSA) is 61.0 Å². The lowest BCUT2D eigenvalue weighted by Gasteiger charge is -2.36. The predicted molar refractivity (Wildman–Crippen MR) is 148 cm³/mol. The molecular weight excluding hydrogens is 472 g/mol. The van der Waals surface area contributed by atoms with Crippen LogP contribution in [0.1, 0.15) is 21.7 Å². The molecule has 2 N–H and O–H groups in total. The van der Waals surface area contributed by atoms with Crippen LogP contribution in [-0.2, 0) is 13.6 Å². The number of nitrogens with zero attached hydrogens (tertiary/aromatic N) is 5. The van der Waals surface area contributed by atoms with Gasteiger partial charge in [0.25, 0.3) is 5.91 Å². The van der Waals surface area contributed by atoms with Gasteiger partial charge in [0.2, 0.25) is 0 Å². The zero-order valence-corrected chi connectivity index (χ0v) is 21.9. The van der Waals surface area contributed by atoms with Gasteiger partial charge < -0.3 is 25.0 Å². The van der Waals surface area contributed by atoms with Gasteiger partial charge in [-0.15, -0.1) is 0 Å². The monoisotopic (exact) mass is 506 g/mol. The van der Waals surface area contributed by atoms with Crippen LogP contribution >= 0.6 is 11.6 Å². The summed E-state index contributed by atoms with van der Waals surface area (Å²) < 4.78 is 2.06. The minimum absolute atomic E-state index is 0.114. The zero-order valence-electron chi connectivity index (χ0n) is 21.2. The lowest BCUT2D eigenvalue weighted by atomic mass is 10.2. The smallest absolute Gasteiger partial charge is 0.270 e. The van der Waals surface area contributed by atoms with Crippen LogP contribution in [-0.4, -0.2) is 72.6 Å². The first-order valence-corrected chi connectivity index (χ1v) is 13.1. The summed E-state index contributed by atoms with van der Waals surface area (Å²) in [6, 6.07) is 18.1. The minimum Gasteiger partial charge on any atom is -0.399 e. The maximum absolute atomic E-state index is 13.4. The second-order valence-electron chi connectivity index (χ2n) is 9.79. The molecule has 0 unspecified atom stereocenters. The van der Waals surface area contributed by atoms with Gasteiger partial charge in [0.1, 0.15) is 5.69 Å². The van der Waals surface area contributed by atoms with E-state index < -0.39 is 0 Å². The van der Waals surface area contributed by atoms with Crippen molar-refractivity contribution in [2.75, 3.05) is 67.9 Å². The first-order valence-electron chi connectivity index (χ1n) is 12.7. The summed E-state index contributed by atoms with van der Waals surface area (Å²) in [7, 11) is 2.00. The van der Waals surface area contributed by atoms with E-state index in [2.05, 4.69) is 44.4 Å². The Balaban J connectivity index is 1.19. The summed E-state index contributed by atoms with van der Waals surface area (Å²) in [5, 5.41) is 0.807. The van der Waals surface area contributed by atoms with Crippen molar-refractivity contribution >= 4 is 34.6 Å². The second kappa shape index (κ2) is 10.4. The third kappa shape index (κ3) is 5.04. The molecule has 1 amide bonds. The molecule has 2 aliphatic heterocycles. The number of piperazine rings is 2. The van der Waals surface area contributed by atoms with E-state index in [1.165, 1.54) is 5.56 Å². The number of halogens is 1. The number of hydrogen-bond donors (Lipinski definition) is 1. The Kier molecular flexibility index (Phi) is 7.12. The average Bonchev–Trinajstić information content (AvgIpc) is 3.18. The minimum atomic E-state index is 0.114. The second-order valence-corrected chi connectivity index (χ2v) is 10.2. The summed E-state index contributed by atoms with van der Waals surface area (Å²) in [5.74, 6) is 0.114. The van der Waals surface area contributed by atoms with E-state index in [1.807, 2.05) is 48.3 Å². The summed E-state index contributed by atoms with van der Waals surface area (Å²) >= 11 is 6.40. The molecule has 36 heavy (non-hydrogen) atoms. The van der Waals surface area contributed by atoms with Gasteiger partial charge in [-0.2, -0.15) is 0 Å². The normalized spacial score (nSPS) is 17.0. The number of benzene rings is 2. The van der Waals surface area contributed by atoms with Crippen molar-refractivity contribution in [3.05, 3.63) is 76.6 Å². The fourth-order valence-electron chi connectivity index (χ4n) is 5.27. The molecule has 0 aliphatic carbocycles. The van der Waals surface area contributed by atoms with Gasteiger partial charge in [0, 0.05) is 83.0 Å². The molecule has 0 saturated carbocycles. The van der Waals surface area contributed by atoms with Gasteiger partial charge in [-0.25, -0.2) is 0 Å². The van der Waals surface area contributed by atoms with Crippen molar-refractivity contribution in [3.63, 3.8) is 0 Å². The molecule has 7 nitrogen and oxygen atoms in total. The highest BCUT2D eigenvalue weighted by Crippen LogP contribution is 2.27. The molecule has 2 saturated heterocycles. The molecule has 5 rings (SSSR count). The lowest BCUT2D eigenvalue weighted by molar-refractivity contribution is 0.0737. The van der Waals surface area contributed by atoms with E-state index in [1.54, 1.807) is 0 Å². The zero-order chi connectivity index (χ0) is 25.2. The molecule has 2 aromatic carbocycles. The lowest BCUT2D eigenvalue weighted by Crippen LogP contribution is -2.49. The number of carbonyl (C=O) groups excluding carboxylic acids is 1. The van der Waals surface area contributed by atoms with Crippen LogP contribution < -0.4 is 15.5 Å². The van der Waals surface area contributed by atoms with Gasteiger partial charge >= 0.3 is 0 Å². The Labute approximate surface area is 218 Å². The van der Waals surface area contributed by atoms with Crippen LogP contribution in [0.3, 0.4) is 0 Å². The molecule has 0 spiro atoms. The van der Waals surface area contributed by atoms with Crippen molar-refractivity contribution in [3.8, 4) is 0 Å². The average molecular weight is 507 g/mol. The van der Waals surface area contributed by atoms with E-state index in [9.17, 15) is 4.79 Å². The molecule has 0 atom stereocenters. The molecule has 8 heteroatoms. The highest BCUT2D eigenvalue weighted by atomic mass is 35.5. The quantitative estimate of drug-likeness (QED) is 0.532. The van der Waals surface area contributed by atoms with Gasteiger partial charge in [-0.1, -0.05) is 29.8 Å². The Morgan fingerprint density at radius 1 is 0.889 bits per heavy atom. The molecule has 0 radical (unpaired) electrons. The van der Waals surface area contributed by atoms with Gasteiger partial charge in [0.15, 0.2) is 0 Å². The SMILES string of the molecule is Cc1c(CN2CCN(c3ccccc3Cl)CC2)cc(C(=O)N2CCN(c3cccc(N)c3)CC2)n1C. The maximum Gasteiger partial charge on any atom is 0.270 e. The number of aromatic nitrogens is 1. The van der Waals surface area contributed by atoms with Crippen molar-refractivity contribution in [1.82, 2.24) is 14.4 Å². The number of nitrogens with two attached hydrogens (primary N) is 1. The summed E-state index contributed by atoms with van der Waals surface area (Å²) in [4.78, 5) is 22.5. The number of amides is 1. The summed E-state index contributed by atoms with van der Waals surface area (Å²) in [6.45, 7) is 9.81. The molecule has 3 aromatic rings. The van der Waals surface area contributed by atoms with Crippen molar-refractivity contribution < 1.29 is 4.79 Å². The fraction of sp³-hybridized carbons (Fsp3) is 0.393. The first kappa shape index (κ1) is 24.5. The standard InChI is InChI=1S/C28H35ClN6O/c1-21-22(20-32-10-12-34(13-11-32)26-9-4-3-8-25(26)29)18-27(31(21)2)28(36)35-16-14-33(15-17-35)24-7-5-6-23(30)19-24/h3-9,18-19H,10-17,20,30H2,1-2H3. The number of nitrogen functional groups attached to an aromatic ring is 1. The van der Waals surface area contributed by atoms with Crippen molar-refractivity contribution in [2.45, 2.75) is 13.5 Å². The number of carbonyl (C=O) groups is 1. The van der Waals surface area contributed by atoms with Gasteiger partial charge in [-0.3, -0.25) is 9.69 Å². The van der Waals surface area contributed by atoms with Crippen molar-refractivity contribution in [2.24, 2.45) is 7.05 Å². The highest BCUT2D eigenvalue weighted by molar-refractivity contribution is 6.33. The Bertz CT molecular complexity index is 1220. The Morgan fingerprint density at radius 3 is 2.28 bits per heavy atom. The Morgan fingerprint density at radius 2 is 1.58 bits per heavy atom. The molecule has 2 fully saturated rings. The molecule has 190 valence electrons. The number of para-hydroxylation sites is 1. The summed E-state index contributed by atoms with van der Waals surface area (Å²) in [6.07, 6.45) is 0. The number of rotatable bonds is 5. The van der Waals surface area contributed by atoms with E-state index in [-0.39, 0.29) is 5.91 Å². The van der Waals surface area contributed by atoms with Crippen LogP contribution in [0.5, 0.6) is 0 Å².